The van der Waals surface area contributed by atoms with E-state index in [-0.39, 0.29) is 0 Å². The topological polar surface area (TPSA) is 58.4 Å². The molecule has 2 aromatic heterocycles. The average Bonchev–Trinajstić information content (AvgIpc) is 3.03. The molecule has 0 N–H and O–H groups in total. The minimum atomic E-state index is -3.41. The molecule has 28 heavy (non-hydrogen) atoms. The molecule has 0 amide bonds. The maximum atomic E-state index is 12.9. The maximum Gasteiger partial charge on any atom is 0.243 e. The number of fused-ring (bicyclic) bond motifs is 1. The summed E-state index contributed by atoms with van der Waals surface area (Å²) in [6.45, 7) is 5.36. The summed E-state index contributed by atoms with van der Waals surface area (Å²) < 4.78 is 29.6. The highest BCUT2D eigenvalue weighted by atomic mass is 32.2. The van der Waals surface area contributed by atoms with Crippen molar-refractivity contribution in [3.8, 4) is 0 Å². The average molecular weight is 399 g/mol. The summed E-state index contributed by atoms with van der Waals surface area (Å²) in [5, 5.41) is 1.20. The molecule has 0 aliphatic carbocycles. The van der Waals surface area contributed by atoms with Crippen LogP contribution in [0.2, 0.25) is 0 Å². The third-order valence-corrected chi connectivity index (χ3v) is 7.62. The van der Waals surface area contributed by atoms with Gasteiger partial charge in [0.25, 0.3) is 0 Å². The molecular formula is C21H26N4O2S. The highest BCUT2D eigenvalue weighted by molar-refractivity contribution is 7.89. The lowest BCUT2D eigenvalue weighted by atomic mass is 10.1. The molecule has 4 rings (SSSR count). The first-order chi connectivity index (χ1) is 13.5. The second-order valence-electron chi connectivity index (χ2n) is 7.40. The first-order valence-corrected chi connectivity index (χ1v) is 11.1. The molecule has 0 atom stereocenters. The van der Waals surface area contributed by atoms with E-state index in [9.17, 15) is 8.42 Å². The number of piperazine rings is 1. The number of hydrogen-bond acceptors (Lipinski definition) is 4. The van der Waals surface area contributed by atoms with E-state index in [1.54, 1.807) is 16.4 Å². The first-order valence-electron chi connectivity index (χ1n) is 9.64. The van der Waals surface area contributed by atoms with Crippen LogP contribution in [0, 0.1) is 6.92 Å². The van der Waals surface area contributed by atoms with Crippen LogP contribution in [-0.4, -0.2) is 59.9 Å². The van der Waals surface area contributed by atoms with Crippen molar-refractivity contribution in [2.24, 2.45) is 7.05 Å². The molecule has 0 saturated carbocycles. The largest absolute Gasteiger partial charge is 0.335 e. The molecule has 0 radical (unpaired) electrons. The van der Waals surface area contributed by atoms with Gasteiger partial charge in [0.05, 0.1) is 4.90 Å². The molecule has 1 aliphatic rings. The van der Waals surface area contributed by atoms with E-state index in [0.29, 0.717) is 18.0 Å². The Morgan fingerprint density at radius 3 is 2.54 bits per heavy atom. The van der Waals surface area contributed by atoms with Crippen LogP contribution in [0.5, 0.6) is 0 Å². The van der Waals surface area contributed by atoms with Gasteiger partial charge in [-0.25, -0.2) is 13.4 Å². The molecule has 6 nitrogen and oxygen atoms in total. The van der Waals surface area contributed by atoms with Gasteiger partial charge < -0.3 is 9.47 Å². The van der Waals surface area contributed by atoms with Crippen LogP contribution in [0.3, 0.4) is 0 Å². The van der Waals surface area contributed by atoms with Crippen molar-refractivity contribution in [1.82, 2.24) is 18.8 Å². The smallest absolute Gasteiger partial charge is 0.243 e. The number of nitrogens with zero attached hydrogens (tertiary/aromatic N) is 4. The minimum absolute atomic E-state index is 0.423. The quantitative estimate of drug-likeness (QED) is 0.662. The Bertz CT molecular complexity index is 1080. The highest BCUT2D eigenvalue weighted by Gasteiger charge is 2.29. The second-order valence-corrected chi connectivity index (χ2v) is 9.31. The molecule has 1 fully saturated rings. The molecular weight excluding hydrogens is 372 g/mol. The molecule has 1 aliphatic heterocycles. The summed E-state index contributed by atoms with van der Waals surface area (Å²) in [5.41, 5.74) is 3.10. The lowest BCUT2D eigenvalue weighted by molar-refractivity contribution is 0.190. The van der Waals surface area contributed by atoms with E-state index in [1.165, 1.54) is 10.9 Å². The van der Waals surface area contributed by atoms with Gasteiger partial charge in [-0.1, -0.05) is 18.2 Å². The SMILES string of the molecule is Cc1ccccc1S(=O)(=O)N1CCN(CCc2cn(C)c3ncccc23)CC1. The standard InChI is InChI=1S/C21H26N4O2S/c1-17-6-3-4-8-20(17)28(26,27)25-14-12-24(13-15-25)11-9-18-16-23(2)21-19(18)7-5-10-22-21/h3-8,10,16H,9,11-15H2,1-2H3. The predicted octanol–water partition coefficient (Wildman–Crippen LogP) is 2.43. The van der Waals surface area contributed by atoms with Gasteiger partial charge in [0.2, 0.25) is 10.0 Å². The maximum absolute atomic E-state index is 12.9. The van der Waals surface area contributed by atoms with Gasteiger partial charge in [-0.05, 0) is 42.7 Å². The van der Waals surface area contributed by atoms with E-state index < -0.39 is 10.0 Å². The summed E-state index contributed by atoms with van der Waals surface area (Å²) in [6.07, 6.45) is 4.91. The zero-order valence-corrected chi connectivity index (χ0v) is 17.2. The molecule has 7 heteroatoms. The number of sulfonamides is 1. The Hall–Kier alpha value is -2.22. The van der Waals surface area contributed by atoms with Gasteiger partial charge in [0.1, 0.15) is 5.65 Å². The molecule has 0 bridgehead atoms. The third-order valence-electron chi connectivity index (χ3n) is 5.56. The first kappa shape index (κ1) is 19.1. The number of pyridine rings is 1. The van der Waals surface area contributed by atoms with Crippen LogP contribution in [0.4, 0.5) is 0 Å². The van der Waals surface area contributed by atoms with Crippen molar-refractivity contribution < 1.29 is 8.42 Å². The number of rotatable bonds is 5. The van der Waals surface area contributed by atoms with Crippen molar-refractivity contribution in [3.63, 3.8) is 0 Å². The summed E-state index contributed by atoms with van der Waals surface area (Å²) in [7, 11) is -1.39. The third kappa shape index (κ3) is 3.57. The fraction of sp³-hybridized carbons (Fsp3) is 0.381. The van der Waals surface area contributed by atoms with Gasteiger partial charge in [0.15, 0.2) is 0 Å². The van der Waals surface area contributed by atoms with Gasteiger partial charge >= 0.3 is 0 Å². The Morgan fingerprint density at radius 1 is 1.04 bits per heavy atom. The van der Waals surface area contributed by atoms with Crippen LogP contribution in [0.1, 0.15) is 11.1 Å². The zero-order valence-electron chi connectivity index (χ0n) is 16.4. The molecule has 0 unspecified atom stereocenters. The molecule has 0 spiro atoms. The van der Waals surface area contributed by atoms with Crippen molar-refractivity contribution in [3.05, 3.63) is 59.9 Å². The Balaban J connectivity index is 1.39. The minimum Gasteiger partial charge on any atom is -0.335 e. The van der Waals surface area contributed by atoms with Gasteiger partial charge in [-0.2, -0.15) is 4.31 Å². The van der Waals surface area contributed by atoms with Crippen molar-refractivity contribution in [1.29, 1.82) is 0 Å². The highest BCUT2D eigenvalue weighted by Crippen LogP contribution is 2.22. The van der Waals surface area contributed by atoms with Crippen LogP contribution in [0.25, 0.3) is 11.0 Å². The Morgan fingerprint density at radius 2 is 1.79 bits per heavy atom. The van der Waals surface area contributed by atoms with Gasteiger partial charge in [0, 0.05) is 57.6 Å². The Kier molecular flexibility index (Phi) is 5.23. The number of benzene rings is 1. The van der Waals surface area contributed by atoms with E-state index in [1.807, 2.05) is 38.4 Å². The fourth-order valence-corrected chi connectivity index (χ4v) is 5.60. The predicted molar refractivity (Wildman–Crippen MR) is 111 cm³/mol. The second kappa shape index (κ2) is 7.66. The van der Waals surface area contributed by atoms with Crippen LogP contribution in [-0.2, 0) is 23.5 Å². The summed E-state index contributed by atoms with van der Waals surface area (Å²) in [5.74, 6) is 0. The molecule has 1 aromatic carbocycles. The van der Waals surface area contributed by atoms with E-state index >= 15 is 0 Å². The monoisotopic (exact) mass is 398 g/mol. The number of aromatic nitrogens is 2. The van der Waals surface area contributed by atoms with Crippen LogP contribution < -0.4 is 0 Å². The normalized spacial score (nSPS) is 16.6. The Labute approximate surface area is 166 Å². The number of hydrogen-bond donors (Lipinski definition) is 0. The van der Waals surface area contributed by atoms with E-state index in [2.05, 4.69) is 26.7 Å². The van der Waals surface area contributed by atoms with Crippen molar-refractivity contribution >= 4 is 21.1 Å². The molecule has 3 aromatic rings. The summed E-state index contributed by atoms with van der Waals surface area (Å²) >= 11 is 0. The van der Waals surface area contributed by atoms with Gasteiger partial charge in [-0.3, -0.25) is 0 Å². The van der Waals surface area contributed by atoms with Gasteiger partial charge in [-0.15, -0.1) is 0 Å². The summed E-state index contributed by atoms with van der Waals surface area (Å²) in [4.78, 5) is 7.21. The van der Waals surface area contributed by atoms with E-state index in [0.717, 1.165) is 37.3 Å². The van der Waals surface area contributed by atoms with E-state index in [4.69, 9.17) is 0 Å². The lowest BCUT2D eigenvalue weighted by Crippen LogP contribution is -2.49. The molecule has 148 valence electrons. The van der Waals surface area contributed by atoms with Crippen LogP contribution >= 0.6 is 0 Å². The summed E-state index contributed by atoms with van der Waals surface area (Å²) in [6, 6.07) is 11.3. The molecule has 3 heterocycles. The zero-order chi connectivity index (χ0) is 19.7. The fourth-order valence-electron chi connectivity index (χ4n) is 3.95. The van der Waals surface area contributed by atoms with Crippen LogP contribution in [0.15, 0.2) is 53.7 Å². The van der Waals surface area contributed by atoms with Crippen molar-refractivity contribution in [2.45, 2.75) is 18.2 Å². The molecule has 1 saturated heterocycles. The van der Waals surface area contributed by atoms with Crippen molar-refractivity contribution in [2.75, 3.05) is 32.7 Å². The lowest BCUT2D eigenvalue weighted by Gasteiger charge is -2.34. The number of aryl methyl sites for hydroxylation is 2.